The van der Waals surface area contributed by atoms with Gasteiger partial charge in [0.15, 0.2) is 0 Å². The van der Waals surface area contributed by atoms with Crippen molar-refractivity contribution >= 4 is 17.4 Å². The minimum Gasteiger partial charge on any atom is -0.507 e. The van der Waals surface area contributed by atoms with Crippen molar-refractivity contribution in [3.05, 3.63) is 59.6 Å². The average Bonchev–Trinajstić information content (AvgIpc) is 3.25. The molecule has 3 rings (SSSR count). The minimum atomic E-state index is -0.725. The molecular formula is C20H21NO5. The summed E-state index contributed by atoms with van der Waals surface area (Å²) in [6, 6.07) is 9.41. The molecule has 1 amide bonds. The Bertz CT molecular complexity index is 820. The first-order valence-electron chi connectivity index (χ1n) is 8.63. The molecule has 1 atom stereocenters. The molecule has 0 aliphatic carbocycles. The summed E-state index contributed by atoms with van der Waals surface area (Å²) in [5.74, 6) is -0.429. The monoisotopic (exact) mass is 355 g/mol. The normalized spacial score (nSPS) is 19.2. The molecule has 0 saturated carbocycles. The Morgan fingerprint density at radius 1 is 1.19 bits per heavy atom. The molecular weight excluding hydrogens is 334 g/mol. The standard InChI is InChI=1S/C20H21NO5/c1-3-11-21-17(15-6-5-12-26-15)16(19(23)20(21)24)18(22)13-7-9-14(10-8-13)25-4-2/h5-10,12,17,22H,3-4,11H2,1-2H3/b18-16-. The van der Waals surface area contributed by atoms with E-state index in [0.717, 1.165) is 0 Å². The highest BCUT2D eigenvalue weighted by molar-refractivity contribution is 6.46. The molecule has 0 radical (unpaired) electrons. The first-order valence-corrected chi connectivity index (χ1v) is 8.63. The Balaban J connectivity index is 2.07. The van der Waals surface area contributed by atoms with Crippen molar-refractivity contribution in [3.63, 3.8) is 0 Å². The van der Waals surface area contributed by atoms with E-state index in [1.807, 2.05) is 13.8 Å². The number of ether oxygens (including phenoxy) is 1. The number of benzene rings is 1. The maximum absolute atomic E-state index is 12.6. The third-order valence-electron chi connectivity index (χ3n) is 4.26. The molecule has 1 aliphatic rings. The van der Waals surface area contributed by atoms with E-state index in [-0.39, 0.29) is 11.3 Å². The first kappa shape index (κ1) is 17.8. The van der Waals surface area contributed by atoms with Gasteiger partial charge in [-0.25, -0.2) is 0 Å². The van der Waals surface area contributed by atoms with Crippen LogP contribution in [-0.2, 0) is 9.59 Å². The van der Waals surface area contributed by atoms with Crippen molar-refractivity contribution in [1.82, 2.24) is 4.90 Å². The van der Waals surface area contributed by atoms with E-state index in [1.54, 1.807) is 36.4 Å². The van der Waals surface area contributed by atoms with Crippen molar-refractivity contribution in [2.45, 2.75) is 26.3 Å². The maximum atomic E-state index is 12.6. The van der Waals surface area contributed by atoms with Crippen molar-refractivity contribution in [3.8, 4) is 5.75 Å². The quantitative estimate of drug-likeness (QED) is 0.487. The number of hydrogen-bond acceptors (Lipinski definition) is 5. The molecule has 1 aromatic heterocycles. The van der Waals surface area contributed by atoms with Gasteiger partial charge >= 0.3 is 0 Å². The van der Waals surface area contributed by atoms with Crippen LogP contribution in [0.15, 0.2) is 52.7 Å². The molecule has 0 bridgehead atoms. The van der Waals surface area contributed by atoms with Crippen LogP contribution in [0, 0.1) is 0 Å². The summed E-state index contributed by atoms with van der Waals surface area (Å²) in [7, 11) is 0. The van der Waals surface area contributed by atoms with E-state index >= 15 is 0 Å². The van der Waals surface area contributed by atoms with Gasteiger partial charge in [-0.15, -0.1) is 0 Å². The summed E-state index contributed by atoms with van der Waals surface area (Å²) in [6.45, 7) is 4.74. The number of ketones is 1. The number of Topliss-reactive ketones (excluding diaryl/α,β-unsaturated/α-hetero) is 1. The van der Waals surface area contributed by atoms with Gasteiger partial charge in [0.1, 0.15) is 23.3 Å². The smallest absolute Gasteiger partial charge is 0.295 e. The second-order valence-electron chi connectivity index (χ2n) is 5.97. The van der Waals surface area contributed by atoms with Gasteiger partial charge in [0.25, 0.3) is 11.7 Å². The molecule has 6 nitrogen and oxygen atoms in total. The number of carbonyl (C=O) groups excluding carboxylic acids is 2. The summed E-state index contributed by atoms with van der Waals surface area (Å²) < 4.78 is 10.8. The lowest BCUT2D eigenvalue weighted by Gasteiger charge is -2.22. The first-order chi connectivity index (χ1) is 12.6. The van der Waals surface area contributed by atoms with Gasteiger partial charge in [0.05, 0.1) is 18.4 Å². The highest BCUT2D eigenvalue weighted by Gasteiger charge is 2.46. The highest BCUT2D eigenvalue weighted by Crippen LogP contribution is 2.39. The van der Waals surface area contributed by atoms with Gasteiger partial charge in [0.2, 0.25) is 0 Å². The van der Waals surface area contributed by atoms with E-state index in [9.17, 15) is 14.7 Å². The third kappa shape index (κ3) is 3.10. The van der Waals surface area contributed by atoms with E-state index in [0.29, 0.717) is 36.6 Å². The zero-order chi connectivity index (χ0) is 18.7. The number of likely N-dealkylation sites (tertiary alicyclic amines) is 1. The van der Waals surface area contributed by atoms with Gasteiger partial charge in [-0.3, -0.25) is 9.59 Å². The van der Waals surface area contributed by atoms with Crippen LogP contribution in [-0.4, -0.2) is 34.8 Å². The van der Waals surface area contributed by atoms with Gasteiger partial charge in [-0.1, -0.05) is 6.92 Å². The molecule has 136 valence electrons. The zero-order valence-corrected chi connectivity index (χ0v) is 14.8. The minimum absolute atomic E-state index is 0.0440. The van der Waals surface area contributed by atoms with Crippen molar-refractivity contribution in [2.75, 3.05) is 13.2 Å². The number of rotatable bonds is 6. The molecule has 1 aromatic carbocycles. The summed E-state index contributed by atoms with van der Waals surface area (Å²) in [4.78, 5) is 26.5. The molecule has 1 N–H and O–H groups in total. The number of amides is 1. The molecule has 2 heterocycles. The molecule has 1 unspecified atom stereocenters. The Morgan fingerprint density at radius 3 is 2.50 bits per heavy atom. The lowest BCUT2D eigenvalue weighted by atomic mass is 9.99. The maximum Gasteiger partial charge on any atom is 0.295 e. The molecule has 2 aromatic rings. The number of furan rings is 1. The Morgan fingerprint density at radius 2 is 1.92 bits per heavy atom. The number of carbonyl (C=O) groups is 2. The lowest BCUT2D eigenvalue weighted by molar-refractivity contribution is -0.140. The summed E-state index contributed by atoms with van der Waals surface area (Å²) in [5.41, 5.74) is 0.488. The van der Waals surface area contributed by atoms with Crippen LogP contribution in [0.5, 0.6) is 5.75 Å². The largest absolute Gasteiger partial charge is 0.507 e. The van der Waals surface area contributed by atoms with E-state index in [2.05, 4.69) is 0 Å². The fraction of sp³-hybridized carbons (Fsp3) is 0.300. The van der Waals surface area contributed by atoms with Gasteiger partial charge in [-0.05, 0) is 49.7 Å². The van der Waals surface area contributed by atoms with Crippen LogP contribution in [0.2, 0.25) is 0 Å². The Hall–Kier alpha value is -3.02. The van der Waals surface area contributed by atoms with E-state index in [4.69, 9.17) is 9.15 Å². The second kappa shape index (κ2) is 7.47. The van der Waals surface area contributed by atoms with Gasteiger partial charge in [-0.2, -0.15) is 0 Å². The molecule has 6 heteroatoms. The van der Waals surface area contributed by atoms with Crippen molar-refractivity contribution in [1.29, 1.82) is 0 Å². The van der Waals surface area contributed by atoms with Crippen LogP contribution in [0.25, 0.3) is 5.76 Å². The summed E-state index contributed by atoms with van der Waals surface area (Å²) >= 11 is 0. The zero-order valence-electron chi connectivity index (χ0n) is 14.8. The fourth-order valence-electron chi connectivity index (χ4n) is 3.13. The highest BCUT2D eigenvalue weighted by atomic mass is 16.5. The van der Waals surface area contributed by atoms with Crippen LogP contribution in [0.3, 0.4) is 0 Å². The predicted molar refractivity (Wildman–Crippen MR) is 95.6 cm³/mol. The molecule has 0 spiro atoms. The van der Waals surface area contributed by atoms with Crippen molar-refractivity contribution < 1.29 is 23.8 Å². The Labute approximate surface area is 151 Å². The summed E-state index contributed by atoms with van der Waals surface area (Å²) in [5, 5.41) is 10.8. The average molecular weight is 355 g/mol. The number of aliphatic hydroxyl groups excluding tert-OH is 1. The van der Waals surface area contributed by atoms with E-state index in [1.165, 1.54) is 11.2 Å². The third-order valence-corrected chi connectivity index (χ3v) is 4.26. The van der Waals surface area contributed by atoms with Crippen LogP contribution >= 0.6 is 0 Å². The topological polar surface area (TPSA) is 80.0 Å². The predicted octanol–water partition coefficient (Wildman–Crippen LogP) is 3.51. The van der Waals surface area contributed by atoms with Crippen molar-refractivity contribution in [2.24, 2.45) is 0 Å². The number of hydrogen-bond donors (Lipinski definition) is 1. The van der Waals surface area contributed by atoms with Crippen LogP contribution in [0.4, 0.5) is 0 Å². The van der Waals surface area contributed by atoms with Gasteiger partial charge in [0, 0.05) is 12.1 Å². The van der Waals surface area contributed by atoms with Crippen LogP contribution < -0.4 is 4.74 Å². The second-order valence-corrected chi connectivity index (χ2v) is 5.97. The number of nitrogens with zero attached hydrogens (tertiary/aromatic N) is 1. The van der Waals surface area contributed by atoms with E-state index < -0.39 is 17.7 Å². The summed E-state index contributed by atoms with van der Waals surface area (Å²) in [6.07, 6.45) is 2.17. The Kier molecular flexibility index (Phi) is 5.11. The SMILES string of the molecule is CCCN1C(=O)C(=O)/C(=C(\O)c2ccc(OCC)cc2)C1c1ccco1. The molecule has 26 heavy (non-hydrogen) atoms. The molecule has 1 aliphatic heterocycles. The van der Waals surface area contributed by atoms with Crippen LogP contribution in [0.1, 0.15) is 37.6 Å². The molecule has 1 fully saturated rings. The fourth-order valence-corrected chi connectivity index (χ4v) is 3.13. The van der Waals surface area contributed by atoms with Gasteiger partial charge < -0.3 is 19.2 Å². The lowest BCUT2D eigenvalue weighted by Crippen LogP contribution is -2.30. The number of aliphatic hydroxyl groups is 1. The molecule has 1 saturated heterocycles.